The number of ketones is 1. The summed E-state index contributed by atoms with van der Waals surface area (Å²) in [5.74, 6) is 0.0816. The number of rotatable bonds is 4. The van der Waals surface area contributed by atoms with Gasteiger partial charge in [-0.1, -0.05) is 35.9 Å². The van der Waals surface area contributed by atoms with Crippen molar-refractivity contribution in [3.63, 3.8) is 0 Å². The molecule has 0 spiro atoms. The average Bonchev–Trinajstić information content (AvgIpc) is 3.20. The largest absolute Gasteiger partial charge is 0.350 e. The Morgan fingerprint density at radius 1 is 1.35 bits per heavy atom. The van der Waals surface area contributed by atoms with Crippen LogP contribution in [0.2, 0.25) is 5.02 Å². The monoisotopic (exact) mass is 344 g/mol. The molecule has 0 saturated heterocycles. The summed E-state index contributed by atoms with van der Waals surface area (Å²) in [6.45, 7) is 2.34. The second kappa shape index (κ2) is 5.78. The Morgan fingerprint density at radius 3 is 2.70 bits per heavy atom. The highest BCUT2D eigenvalue weighted by atomic mass is 35.5. The summed E-state index contributed by atoms with van der Waals surface area (Å²) < 4.78 is 1.05. The molecule has 1 aliphatic rings. The van der Waals surface area contributed by atoms with Crippen LogP contribution < -0.4 is 5.32 Å². The Balaban J connectivity index is 1.42. The number of benzene rings is 1. The van der Waals surface area contributed by atoms with Crippen molar-refractivity contribution in [1.29, 1.82) is 0 Å². The number of aromatic amines is 1. The topological polar surface area (TPSA) is 44.9 Å². The summed E-state index contributed by atoms with van der Waals surface area (Å²) in [7, 11) is 0. The molecule has 2 heterocycles. The number of H-pyrrole nitrogens is 1. The zero-order valence-electron chi connectivity index (χ0n) is 12.8. The summed E-state index contributed by atoms with van der Waals surface area (Å²) in [6, 6.07) is 10.7. The van der Waals surface area contributed by atoms with Gasteiger partial charge < -0.3 is 10.3 Å². The SMILES string of the molecule is Cc1sc2cc(C(=O)CNC3Cc4ccccc4C3)[nH]c2c1Cl. The van der Waals surface area contributed by atoms with Gasteiger partial charge in [0.25, 0.3) is 0 Å². The van der Waals surface area contributed by atoms with E-state index in [1.165, 1.54) is 11.1 Å². The molecule has 0 unspecified atom stereocenters. The van der Waals surface area contributed by atoms with E-state index in [0.29, 0.717) is 18.3 Å². The maximum absolute atomic E-state index is 12.4. The lowest BCUT2D eigenvalue weighted by atomic mass is 10.1. The second-order valence-electron chi connectivity index (χ2n) is 6.07. The van der Waals surface area contributed by atoms with Crippen LogP contribution in [0.15, 0.2) is 30.3 Å². The lowest BCUT2D eigenvalue weighted by Gasteiger charge is -2.10. The van der Waals surface area contributed by atoms with Gasteiger partial charge in [0.05, 0.1) is 27.5 Å². The minimum atomic E-state index is 0.0816. The van der Waals surface area contributed by atoms with E-state index in [1.54, 1.807) is 11.3 Å². The molecule has 0 fully saturated rings. The summed E-state index contributed by atoms with van der Waals surface area (Å²) in [5, 5.41) is 4.12. The van der Waals surface area contributed by atoms with Crippen molar-refractivity contribution in [2.45, 2.75) is 25.8 Å². The third-order valence-electron chi connectivity index (χ3n) is 4.48. The van der Waals surface area contributed by atoms with Crippen molar-refractivity contribution in [1.82, 2.24) is 10.3 Å². The number of carbonyl (C=O) groups is 1. The van der Waals surface area contributed by atoms with Crippen LogP contribution in [-0.4, -0.2) is 23.4 Å². The van der Waals surface area contributed by atoms with Crippen LogP contribution in [0.1, 0.15) is 26.5 Å². The van der Waals surface area contributed by atoms with Gasteiger partial charge in [0.1, 0.15) is 0 Å². The van der Waals surface area contributed by atoms with E-state index in [1.807, 2.05) is 13.0 Å². The van der Waals surface area contributed by atoms with Gasteiger partial charge in [0.15, 0.2) is 5.78 Å². The van der Waals surface area contributed by atoms with Gasteiger partial charge >= 0.3 is 0 Å². The highest BCUT2D eigenvalue weighted by molar-refractivity contribution is 7.19. The molecule has 1 aliphatic carbocycles. The lowest BCUT2D eigenvalue weighted by molar-refractivity contribution is 0.0983. The van der Waals surface area contributed by atoms with Gasteiger partial charge in [0, 0.05) is 10.9 Å². The molecule has 0 amide bonds. The summed E-state index contributed by atoms with van der Waals surface area (Å²) in [6.07, 6.45) is 1.99. The summed E-state index contributed by atoms with van der Waals surface area (Å²) >= 11 is 7.86. The van der Waals surface area contributed by atoms with E-state index in [0.717, 1.165) is 33.0 Å². The molecule has 4 rings (SSSR count). The number of Topliss-reactive ketones (excluding diaryl/α,β-unsaturated/α-hetero) is 1. The van der Waals surface area contributed by atoms with Crippen LogP contribution in [-0.2, 0) is 12.8 Å². The molecular formula is C18H17ClN2OS. The predicted octanol–water partition coefficient (Wildman–Crippen LogP) is 4.13. The smallest absolute Gasteiger partial charge is 0.192 e. The molecular weight excluding hydrogens is 328 g/mol. The molecule has 2 N–H and O–H groups in total. The molecule has 23 heavy (non-hydrogen) atoms. The van der Waals surface area contributed by atoms with Gasteiger partial charge in [-0.25, -0.2) is 0 Å². The van der Waals surface area contributed by atoms with Gasteiger partial charge in [-0.15, -0.1) is 11.3 Å². The van der Waals surface area contributed by atoms with Crippen molar-refractivity contribution in [2.24, 2.45) is 0 Å². The Kier molecular flexibility index (Phi) is 3.76. The number of fused-ring (bicyclic) bond motifs is 2. The van der Waals surface area contributed by atoms with Crippen LogP contribution in [0.3, 0.4) is 0 Å². The minimum absolute atomic E-state index is 0.0816. The Morgan fingerprint density at radius 2 is 2.04 bits per heavy atom. The third-order valence-corrected chi connectivity index (χ3v) is 6.11. The summed E-state index contributed by atoms with van der Waals surface area (Å²) in [4.78, 5) is 16.6. The Labute approximate surface area is 143 Å². The lowest BCUT2D eigenvalue weighted by Crippen LogP contribution is -2.34. The fourth-order valence-corrected chi connectivity index (χ4v) is 4.52. The Hall–Kier alpha value is -1.62. The average molecular weight is 345 g/mol. The molecule has 118 valence electrons. The van der Waals surface area contributed by atoms with E-state index in [-0.39, 0.29) is 5.78 Å². The molecule has 0 saturated carbocycles. The number of aromatic nitrogens is 1. The molecule has 2 aromatic heterocycles. The van der Waals surface area contributed by atoms with Crippen molar-refractivity contribution >= 4 is 38.9 Å². The van der Waals surface area contributed by atoms with E-state index in [4.69, 9.17) is 11.6 Å². The number of thiophene rings is 1. The number of aryl methyl sites for hydroxylation is 1. The fraction of sp³-hybridized carbons (Fsp3) is 0.278. The predicted molar refractivity (Wildman–Crippen MR) is 95.9 cm³/mol. The van der Waals surface area contributed by atoms with E-state index < -0.39 is 0 Å². The molecule has 3 aromatic rings. The highest BCUT2D eigenvalue weighted by Crippen LogP contribution is 2.34. The van der Waals surface area contributed by atoms with E-state index >= 15 is 0 Å². The molecule has 3 nitrogen and oxygen atoms in total. The molecule has 0 atom stereocenters. The quantitative estimate of drug-likeness (QED) is 0.699. The van der Waals surface area contributed by atoms with E-state index in [9.17, 15) is 4.79 Å². The van der Waals surface area contributed by atoms with E-state index in [2.05, 4.69) is 34.6 Å². The van der Waals surface area contributed by atoms with Crippen molar-refractivity contribution in [2.75, 3.05) is 6.54 Å². The molecule has 0 radical (unpaired) electrons. The third kappa shape index (κ3) is 2.71. The number of hydrogen-bond donors (Lipinski definition) is 2. The van der Waals surface area contributed by atoms with Crippen molar-refractivity contribution < 1.29 is 4.79 Å². The van der Waals surface area contributed by atoms with Gasteiger partial charge in [0.2, 0.25) is 0 Å². The highest BCUT2D eigenvalue weighted by Gasteiger charge is 2.22. The minimum Gasteiger partial charge on any atom is -0.350 e. The second-order valence-corrected chi connectivity index (χ2v) is 7.71. The van der Waals surface area contributed by atoms with Crippen LogP contribution in [0, 0.1) is 6.92 Å². The number of halogens is 1. The number of hydrogen-bond acceptors (Lipinski definition) is 3. The number of carbonyl (C=O) groups excluding carboxylic acids is 1. The van der Waals surface area contributed by atoms with Gasteiger partial charge in [-0.2, -0.15) is 0 Å². The fourth-order valence-electron chi connectivity index (χ4n) is 3.25. The van der Waals surface area contributed by atoms with Crippen LogP contribution in [0.25, 0.3) is 10.2 Å². The zero-order chi connectivity index (χ0) is 16.0. The number of nitrogens with one attached hydrogen (secondary N) is 2. The van der Waals surface area contributed by atoms with Gasteiger partial charge in [-0.3, -0.25) is 4.79 Å². The summed E-state index contributed by atoms with van der Waals surface area (Å²) in [5.41, 5.74) is 4.29. The van der Waals surface area contributed by atoms with Crippen molar-refractivity contribution in [3.8, 4) is 0 Å². The zero-order valence-corrected chi connectivity index (χ0v) is 14.4. The first-order valence-electron chi connectivity index (χ1n) is 7.73. The van der Waals surface area contributed by atoms with Gasteiger partial charge in [-0.05, 0) is 37.0 Å². The Bertz CT molecular complexity index is 871. The standard InChI is InChI=1S/C18H17ClN2OS/c1-10-17(19)18-16(23-10)8-14(21-18)15(22)9-20-13-6-11-4-2-3-5-12(11)7-13/h2-5,8,13,20-21H,6-7,9H2,1H3. The maximum atomic E-state index is 12.4. The molecule has 5 heteroatoms. The first kappa shape index (κ1) is 14.9. The van der Waals surface area contributed by atoms with Crippen LogP contribution >= 0.6 is 22.9 Å². The molecule has 0 aliphatic heterocycles. The first-order chi connectivity index (χ1) is 11.1. The normalized spacial score (nSPS) is 14.5. The van der Waals surface area contributed by atoms with Crippen LogP contribution in [0.4, 0.5) is 0 Å². The maximum Gasteiger partial charge on any atom is 0.192 e. The molecule has 0 bridgehead atoms. The van der Waals surface area contributed by atoms with Crippen molar-refractivity contribution in [3.05, 3.63) is 57.1 Å². The first-order valence-corrected chi connectivity index (χ1v) is 8.92. The van der Waals surface area contributed by atoms with Crippen LogP contribution in [0.5, 0.6) is 0 Å². The molecule has 1 aromatic carbocycles.